The first kappa shape index (κ1) is 13.8. The number of aromatic nitrogens is 1. The van der Waals surface area contributed by atoms with E-state index in [1.54, 1.807) is 18.5 Å². The van der Waals surface area contributed by atoms with Gasteiger partial charge in [-0.1, -0.05) is 36.7 Å². The minimum Gasteiger partial charge on any atom is -0.317 e. The molecule has 1 aliphatic heterocycles. The molecule has 2 aromatic rings. The lowest BCUT2D eigenvalue weighted by molar-refractivity contribution is 0.798. The fourth-order valence-corrected chi connectivity index (χ4v) is 2.53. The maximum atomic E-state index is 11.9. The van der Waals surface area contributed by atoms with Crippen LogP contribution in [-0.2, 0) is 0 Å². The highest BCUT2D eigenvalue weighted by molar-refractivity contribution is 6.65. The third-order valence-corrected chi connectivity index (χ3v) is 4.08. The Bertz CT molecular complexity index is 830. The third kappa shape index (κ3) is 2.69. The molecule has 0 fully saturated rings. The van der Waals surface area contributed by atoms with Crippen molar-refractivity contribution >= 4 is 33.4 Å². The van der Waals surface area contributed by atoms with Gasteiger partial charge in [-0.15, -0.1) is 0 Å². The van der Waals surface area contributed by atoms with Crippen molar-refractivity contribution in [2.75, 3.05) is 0 Å². The van der Waals surface area contributed by atoms with Gasteiger partial charge in [-0.3, -0.25) is 4.79 Å². The number of hydrogen-bond donors (Lipinski definition) is 0. The van der Waals surface area contributed by atoms with Crippen LogP contribution in [0.2, 0.25) is 0 Å². The van der Waals surface area contributed by atoms with E-state index in [4.69, 9.17) is 11.6 Å². The molecular weight excluding hydrogens is 284 g/mol. The molecule has 0 saturated heterocycles. The summed E-state index contributed by atoms with van der Waals surface area (Å²) < 4.78 is 2.01. The second kappa shape index (κ2) is 5.70. The summed E-state index contributed by atoms with van der Waals surface area (Å²) in [6.45, 7) is 2.04. The van der Waals surface area contributed by atoms with Gasteiger partial charge in [0.05, 0.1) is 5.52 Å². The Morgan fingerprint density at radius 2 is 2.10 bits per heavy atom. The molecule has 0 spiro atoms. The van der Waals surface area contributed by atoms with Gasteiger partial charge in [0.25, 0.3) is 0 Å². The summed E-state index contributed by atoms with van der Waals surface area (Å²) in [4.78, 5) is 16.2. The number of pyridine rings is 1. The predicted molar refractivity (Wildman–Crippen MR) is 88.7 cm³/mol. The van der Waals surface area contributed by atoms with Gasteiger partial charge in [-0.25, -0.2) is 4.99 Å². The van der Waals surface area contributed by atoms with E-state index < -0.39 is 0 Å². The standard InChI is InChI=1S/C17H15ClN2O/c1-12-6-7-13(8-10-19-17(12)18)20-11-9-16(21)14-4-2-3-5-15(14)20/h2-5,7-12H,6H2,1H3/b10-8-,13-7-,19-17?. The Labute approximate surface area is 127 Å². The zero-order valence-electron chi connectivity index (χ0n) is 11.7. The van der Waals surface area contributed by atoms with E-state index in [2.05, 4.69) is 11.1 Å². The van der Waals surface area contributed by atoms with Crippen molar-refractivity contribution in [2.24, 2.45) is 10.9 Å². The van der Waals surface area contributed by atoms with Crippen molar-refractivity contribution in [3.05, 3.63) is 65.1 Å². The Morgan fingerprint density at radius 1 is 1.29 bits per heavy atom. The summed E-state index contributed by atoms with van der Waals surface area (Å²) in [5.74, 6) is 0.192. The van der Waals surface area contributed by atoms with Crippen LogP contribution in [0.1, 0.15) is 13.3 Å². The number of nitrogens with zero attached hydrogens (tertiary/aromatic N) is 2. The molecule has 4 heteroatoms. The Balaban J connectivity index is 2.17. The van der Waals surface area contributed by atoms with Crippen LogP contribution in [0, 0.1) is 5.92 Å². The lowest BCUT2D eigenvalue weighted by atomic mass is 10.1. The maximum Gasteiger partial charge on any atom is 0.189 e. The van der Waals surface area contributed by atoms with E-state index in [9.17, 15) is 4.79 Å². The van der Waals surface area contributed by atoms with Crippen molar-refractivity contribution in [3.8, 4) is 0 Å². The monoisotopic (exact) mass is 298 g/mol. The highest BCUT2D eigenvalue weighted by atomic mass is 35.5. The second-order valence-electron chi connectivity index (χ2n) is 5.10. The number of halogens is 1. The average Bonchev–Trinajstić information content (AvgIpc) is 2.50. The van der Waals surface area contributed by atoms with Crippen molar-refractivity contribution in [3.63, 3.8) is 0 Å². The van der Waals surface area contributed by atoms with Crippen LogP contribution in [0.3, 0.4) is 0 Å². The van der Waals surface area contributed by atoms with Crippen molar-refractivity contribution in [1.29, 1.82) is 0 Å². The number of para-hydroxylation sites is 1. The molecule has 1 aliphatic rings. The molecular formula is C17H15ClN2O. The van der Waals surface area contributed by atoms with Crippen molar-refractivity contribution in [1.82, 2.24) is 4.57 Å². The van der Waals surface area contributed by atoms with Gasteiger partial charge < -0.3 is 4.57 Å². The average molecular weight is 299 g/mol. The van der Waals surface area contributed by atoms with E-state index in [-0.39, 0.29) is 11.3 Å². The fourth-order valence-electron chi connectivity index (χ4n) is 2.38. The van der Waals surface area contributed by atoms with E-state index in [1.165, 1.54) is 0 Å². The largest absolute Gasteiger partial charge is 0.317 e. The lowest BCUT2D eigenvalue weighted by Gasteiger charge is -2.14. The molecule has 0 bridgehead atoms. The van der Waals surface area contributed by atoms with Crippen LogP contribution in [0.5, 0.6) is 0 Å². The first-order valence-electron chi connectivity index (χ1n) is 6.87. The Hall–Kier alpha value is -2.13. The Kier molecular flexibility index (Phi) is 3.76. The molecule has 2 heterocycles. The summed E-state index contributed by atoms with van der Waals surface area (Å²) in [5, 5.41) is 1.33. The van der Waals surface area contributed by atoms with Crippen molar-refractivity contribution < 1.29 is 0 Å². The van der Waals surface area contributed by atoms with Crippen LogP contribution in [0.15, 0.2) is 64.7 Å². The first-order chi connectivity index (χ1) is 10.2. The van der Waals surface area contributed by atoms with E-state index in [1.807, 2.05) is 41.8 Å². The molecule has 106 valence electrons. The van der Waals surface area contributed by atoms with Crippen LogP contribution >= 0.6 is 11.6 Å². The van der Waals surface area contributed by atoms with Crippen molar-refractivity contribution in [2.45, 2.75) is 13.3 Å². The lowest BCUT2D eigenvalue weighted by Crippen LogP contribution is -2.09. The van der Waals surface area contributed by atoms with E-state index in [0.717, 1.165) is 17.6 Å². The summed E-state index contributed by atoms with van der Waals surface area (Å²) in [5.41, 5.74) is 1.92. The van der Waals surface area contributed by atoms with E-state index in [0.29, 0.717) is 10.6 Å². The minimum atomic E-state index is 0.0340. The van der Waals surface area contributed by atoms with Crippen LogP contribution < -0.4 is 5.43 Å². The second-order valence-corrected chi connectivity index (χ2v) is 5.49. The highest BCUT2D eigenvalue weighted by Gasteiger charge is 2.10. The van der Waals surface area contributed by atoms with Crippen LogP contribution in [-0.4, -0.2) is 9.74 Å². The molecule has 0 aliphatic carbocycles. The van der Waals surface area contributed by atoms with Gasteiger partial charge in [0, 0.05) is 35.5 Å². The van der Waals surface area contributed by atoms with Gasteiger partial charge in [-0.05, 0) is 24.6 Å². The number of hydrogen-bond acceptors (Lipinski definition) is 2. The molecule has 1 atom stereocenters. The molecule has 3 rings (SSSR count). The zero-order valence-corrected chi connectivity index (χ0v) is 12.4. The highest BCUT2D eigenvalue weighted by Crippen LogP contribution is 2.20. The number of rotatable bonds is 1. The summed E-state index contributed by atoms with van der Waals surface area (Å²) in [7, 11) is 0. The van der Waals surface area contributed by atoms with Crippen LogP contribution in [0.25, 0.3) is 16.6 Å². The number of fused-ring (bicyclic) bond motifs is 1. The number of allylic oxidation sites excluding steroid dienone is 3. The summed E-state index contributed by atoms with van der Waals surface area (Å²) in [6.07, 6.45) is 8.35. The smallest absolute Gasteiger partial charge is 0.189 e. The summed E-state index contributed by atoms with van der Waals surface area (Å²) in [6, 6.07) is 9.20. The molecule has 0 amide bonds. The summed E-state index contributed by atoms with van der Waals surface area (Å²) >= 11 is 6.08. The molecule has 3 nitrogen and oxygen atoms in total. The molecule has 0 radical (unpaired) electrons. The molecule has 1 unspecified atom stereocenters. The Morgan fingerprint density at radius 3 is 2.95 bits per heavy atom. The van der Waals surface area contributed by atoms with Crippen LogP contribution in [0.4, 0.5) is 0 Å². The minimum absolute atomic E-state index is 0.0340. The fraction of sp³-hybridized carbons (Fsp3) is 0.176. The zero-order chi connectivity index (χ0) is 14.8. The maximum absolute atomic E-state index is 11.9. The van der Waals surface area contributed by atoms with Gasteiger partial charge in [-0.2, -0.15) is 0 Å². The molecule has 21 heavy (non-hydrogen) atoms. The molecule has 1 aromatic carbocycles. The topological polar surface area (TPSA) is 34.4 Å². The molecule has 1 aromatic heterocycles. The predicted octanol–water partition coefficient (Wildman–Crippen LogP) is 4.03. The normalized spacial score (nSPS) is 22.9. The SMILES string of the molecule is CC1C/C=C(n2ccc(=O)c3ccccc32)/C=C\N=C1Cl. The van der Waals surface area contributed by atoms with Gasteiger partial charge in [0.2, 0.25) is 0 Å². The quantitative estimate of drug-likeness (QED) is 0.782. The van der Waals surface area contributed by atoms with Gasteiger partial charge in [0.1, 0.15) is 5.17 Å². The molecule has 0 saturated carbocycles. The number of aliphatic imine (C=N–C) groups is 1. The van der Waals surface area contributed by atoms with Gasteiger partial charge in [0.15, 0.2) is 5.43 Å². The first-order valence-corrected chi connectivity index (χ1v) is 7.25. The van der Waals surface area contributed by atoms with E-state index >= 15 is 0 Å². The molecule has 0 N–H and O–H groups in total. The number of benzene rings is 1. The van der Waals surface area contributed by atoms with Gasteiger partial charge >= 0.3 is 0 Å². The third-order valence-electron chi connectivity index (χ3n) is 3.61.